The van der Waals surface area contributed by atoms with Gasteiger partial charge in [0.15, 0.2) is 6.29 Å². The fraction of sp³-hybridized carbons (Fsp3) is 0.882. The van der Waals surface area contributed by atoms with Crippen molar-refractivity contribution in [2.75, 3.05) is 0 Å². The van der Waals surface area contributed by atoms with Crippen LogP contribution in [0.3, 0.4) is 0 Å². The van der Waals surface area contributed by atoms with Gasteiger partial charge in [-0.2, -0.15) is 0 Å². The number of unbranched alkanes of at least 4 members (excludes halogenated alkanes) is 5. The molecular weight excluding hydrogens is 421 g/mol. The number of phosphoric acid groups is 1. The molecule has 12 nitrogen and oxygen atoms in total. The van der Waals surface area contributed by atoms with Gasteiger partial charge in [-0.05, 0) is 12.8 Å². The highest BCUT2D eigenvalue weighted by Gasteiger charge is 2.48. The molecule has 1 aromatic rings. The Balaban J connectivity index is 1.89. The average Bonchev–Trinajstić information content (AvgIpc) is 3.11. The fourth-order valence-electron chi connectivity index (χ4n) is 3.34. The van der Waals surface area contributed by atoms with Crippen molar-refractivity contribution >= 4 is 7.82 Å². The van der Waals surface area contributed by atoms with Gasteiger partial charge < -0.3 is 34.9 Å². The Morgan fingerprint density at radius 2 is 1.80 bits per heavy atom. The van der Waals surface area contributed by atoms with Gasteiger partial charge in [0.05, 0.1) is 12.2 Å². The minimum Gasteiger partial charge on any atom is -0.388 e. The molecule has 1 aliphatic heterocycles. The molecule has 0 aromatic carbocycles. The van der Waals surface area contributed by atoms with Gasteiger partial charge in [0.2, 0.25) is 0 Å². The van der Waals surface area contributed by atoms with Crippen LogP contribution in [0.4, 0.5) is 0 Å². The summed E-state index contributed by atoms with van der Waals surface area (Å²) in [5.41, 5.74) is 0.751. The number of rotatable bonds is 12. The molecule has 0 amide bonds. The highest BCUT2D eigenvalue weighted by Crippen LogP contribution is 2.40. The van der Waals surface area contributed by atoms with Gasteiger partial charge in [0.25, 0.3) is 0 Å². The molecule has 0 spiro atoms. The van der Waals surface area contributed by atoms with E-state index >= 15 is 0 Å². The summed E-state index contributed by atoms with van der Waals surface area (Å²) in [5, 5.41) is 48.2. The van der Waals surface area contributed by atoms with E-state index in [0.29, 0.717) is 0 Å². The Morgan fingerprint density at radius 3 is 2.47 bits per heavy atom. The van der Waals surface area contributed by atoms with E-state index in [1.54, 1.807) is 6.20 Å². The van der Waals surface area contributed by atoms with Crippen molar-refractivity contribution in [1.29, 1.82) is 0 Å². The molecule has 0 saturated carbocycles. The third-order valence-corrected chi connectivity index (χ3v) is 5.46. The Morgan fingerprint density at radius 1 is 1.13 bits per heavy atom. The summed E-state index contributed by atoms with van der Waals surface area (Å²) in [5.74, 6) is 0. The topological polar surface area (TPSA) is 188 Å². The molecule has 13 heteroatoms. The minimum atomic E-state index is -5.04. The predicted molar refractivity (Wildman–Crippen MR) is 103 cm³/mol. The van der Waals surface area contributed by atoms with E-state index in [1.807, 2.05) is 0 Å². The fourth-order valence-corrected chi connectivity index (χ4v) is 3.78. The Labute approximate surface area is 174 Å². The number of aryl methyl sites for hydroxylation is 1. The van der Waals surface area contributed by atoms with Gasteiger partial charge in [-0.25, -0.2) is 9.25 Å². The first kappa shape index (κ1) is 25.3. The summed E-state index contributed by atoms with van der Waals surface area (Å²) in [4.78, 5) is 17.8. The number of nitrogens with zero attached hydrogens (tertiary/aromatic N) is 3. The summed E-state index contributed by atoms with van der Waals surface area (Å²) >= 11 is 0. The molecule has 1 aromatic heterocycles. The highest BCUT2D eigenvalue weighted by atomic mass is 31.2. The molecule has 0 radical (unpaired) electrons. The van der Waals surface area contributed by atoms with Crippen LogP contribution in [0.5, 0.6) is 0 Å². The molecule has 0 bridgehead atoms. The Bertz CT molecular complexity index is 685. The lowest BCUT2D eigenvalue weighted by Gasteiger charge is -2.41. The van der Waals surface area contributed by atoms with Crippen LogP contribution in [0.1, 0.15) is 51.1 Å². The van der Waals surface area contributed by atoms with E-state index in [0.717, 1.165) is 25.0 Å². The first-order valence-corrected chi connectivity index (χ1v) is 11.7. The van der Waals surface area contributed by atoms with Gasteiger partial charge in [-0.15, -0.1) is 5.10 Å². The lowest BCUT2D eigenvalue weighted by Crippen LogP contribution is -2.61. The zero-order valence-electron chi connectivity index (χ0n) is 16.9. The smallest absolute Gasteiger partial charge is 0.388 e. The van der Waals surface area contributed by atoms with Gasteiger partial charge >= 0.3 is 7.82 Å². The molecule has 1 aliphatic rings. The molecule has 2 heterocycles. The molecular formula is C17H32N3O9P. The Hall–Kier alpha value is -0.950. The zero-order chi connectivity index (χ0) is 22.3. The molecule has 174 valence electrons. The van der Waals surface area contributed by atoms with E-state index < -0.39 is 44.6 Å². The standard InChI is InChI=1S/C17H32N3O9P/c1-2-3-4-5-6-7-8-11-9-20(19-18-11)10-12(21)16-14(23)13(22)15(24)17(28-16)29-30(25,26)27/h9,12-17,21-24H,2-8,10H2,1H3,(H2,25,26,27)/t12-,13?,14+,15?,16?,17+/m1/s1. The SMILES string of the molecule is CCCCCCCCc1cn(C[C@@H](O)C2O[C@@H](OP(=O)(O)O)C(O)C(O)[C@@H]2O)nn1. The summed E-state index contributed by atoms with van der Waals surface area (Å²) in [7, 11) is -5.04. The maximum absolute atomic E-state index is 11.0. The van der Waals surface area contributed by atoms with Crippen molar-refractivity contribution in [2.24, 2.45) is 0 Å². The molecule has 3 unspecified atom stereocenters. The van der Waals surface area contributed by atoms with Gasteiger partial charge in [-0.1, -0.05) is 44.2 Å². The monoisotopic (exact) mass is 453 g/mol. The molecule has 6 atom stereocenters. The Kier molecular flexibility index (Phi) is 9.79. The number of aromatic nitrogens is 3. The van der Waals surface area contributed by atoms with Crippen molar-refractivity contribution in [2.45, 2.75) is 95.2 Å². The summed E-state index contributed by atoms with van der Waals surface area (Å²) in [6.45, 7) is 2.01. The molecule has 1 fully saturated rings. The van der Waals surface area contributed by atoms with E-state index in [4.69, 9.17) is 14.5 Å². The van der Waals surface area contributed by atoms with Crippen molar-refractivity contribution < 1.29 is 44.0 Å². The first-order chi connectivity index (χ1) is 14.1. The normalized spacial score (nSPS) is 28.6. The van der Waals surface area contributed by atoms with E-state index in [2.05, 4.69) is 21.8 Å². The average molecular weight is 453 g/mol. The lowest BCUT2D eigenvalue weighted by atomic mass is 9.95. The minimum absolute atomic E-state index is 0.156. The number of aliphatic hydroxyl groups excluding tert-OH is 4. The van der Waals surface area contributed by atoms with Crippen molar-refractivity contribution in [3.05, 3.63) is 11.9 Å². The number of hydrogen-bond donors (Lipinski definition) is 6. The number of hydrogen-bond acceptors (Lipinski definition) is 9. The predicted octanol–water partition coefficient (Wildman–Crippen LogP) is -0.541. The molecule has 1 saturated heterocycles. The summed E-state index contributed by atoms with van der Waals surface area (Å²) in [6.07, 6.45) is -1.02. The van der Waals surface area contributed by atoms with Crippen molar-refractivity contribution in [3.8, 4) is 0 Å². The third kappa shape index (κ3) is 7.63. The second kappa shape index (κ2) is 11.6. The van der Waals surface area contributed by atoms with E-state index in [1.165, 1.54) is 30.4 Å². The molecule has 0 aliphatic carbocycles. The largest absolute Gasteiger partial charge is 0.472 e. The van der Waals surface area contributed by atoms with Crippen LogP contribution in [0.25, 0.3) is 0 Å². The molecule has 2 rings (SSSR count). The van der Waals surface area contributed by atoms with Crippen LogP contribution in [0.15, 0.2) is 6.20 Å². The third-order valence-electron chi connectivity index (χ3n) is 4.97. The maximum atomic E-state index is 11.0. The lowest BCUT2D eigenvalue weighted by molar-refractivity contribution is -0.292. The number of aliphatic hydroxyl groups is 4. The van der Waals surface area contributed by atoms with Crippen LogP contribution >= 0.6 is 7.82 Å². The van der Waals surface area contributed by atoms with Crippen LogP contribution in [-0.4, -0.2) is 82.0 Å². The van der Waals surface area contributed by atoms with E-state index in [9.17, 15) is 25.0 Å². The second-order valence-electron chi connectivity index (χ2n) is 7.55. The maximum Gasteiger partial charge on any atom is 0.472 e. The zero-order valence-corrected chi connectivity index (χ0v) is 17.8. The van der Waals surface area contributed by atoms with Gasteiger partial charge in [-0.3, -0.25) is 4.52 Å². The van der Waals surface area contributed by atoms with Crippen LogP contribution in [-0.2, 0) is 26.8 Å². The number of ether oxygens (including phenoxy) is 1. The number of phosphoric ester groups is 1. The van der Waals surface area contributed by atoms with Crippen molar-refractivity contribution in [3.63, 3.8) is 0 Å². The van der Waals surface area contributed by atoms with Crippen LogP contribution in [0.2, 0.25) is 0 Å². The van der Waals surface area contributed by atoms with Crippen LogP contribution < -0.4 is 0 Å². The van der Waals surface area contributed by atoms with E-state index in [-0.39, 0.29) is 6.54 Å². The van der Waals surface area contributed by atoms with Crippen LogP contribution in [0, 0.1) is 0 Å². The molecule has 6 N–H and O–H groups in total. The van der Waals surface area contributed by atoms with Gasteiger partial charge in [0, 0.05) is 6.20 Å². The van der Waals surface area contributed by atoms with Gasteiger partial charge in [0.1, 0.15) is 30.5 Å². The summed E-state index contributed by atoms with van der Waals surface area (Å²) < 4.78 is 21.8. The second-order valence-corrected chi connectivity index (χ2v) is 8.75. The quantitative estimate of drug-likeness (QED) is 0.176. The highest BCUT2D eigenvalue weighted by molar-refractivity contribution is 7.46. The van der Waals surface area contributed by atoms with Crippen molar-refractivity contribution in [1.82, 2.24) is 15.0 Å². The molecule has 30 heavy (non-hydrogen) atoms. The first-order valence-electron chi connectivity index (χ1n) is 10.1. The summed E-state index contributed by atoms with van der Waals surface area (Å²) in [6, 6.07) is 0.